The lowest BCUT2D eigenvalue weighted by Gasteiger charge is -2.32. The summed E-state index contributed by atoms with van der Waals surface area (Å²) in [6.07, 6.45) is -1.93. The van der Waals surface area contributed by atoms with E-state index >= 15 is 0 Å². The van der Waals surface area contributed by atoms with Crippen molar-refractivity contribution >= 4 is 43.4 Å². The first-order valence-corrected chi connectivity index (χ1v) is 11.0. The van der Waals surface area contributed by atoms with E-state index < -0.39 is 17.8 Å². The molecule has 0 unspecified atom stereocenters. The van der Waals surface area contributed by atoms with Crippen LogP contribution in [0.4, 0.5) is 13.2 Å². The monoisotopic (exact) mass is 544 g/mol. The molecular weight excluding hydrogens is 529 g/mol. The zero-order chi connectivity index (χ0) is 21.6. The van der Waals surface area contributed by atoms with Crippen molar-refractivity contribution in [1.29, 1.82) is 0 Å². The van der Waals surface area contributed by atoms with Crippen molar-refractivity contribution in [1.82, 2.24) is 19.5 Å². The van der Waals surface area contributed by atoms with Crippen LogP contribution in [0.3, 0.4) is 0 Å². The van der Waals surface area contributed by atoms with Crippen LogP contribution in [0.5, 0.6) is 0 Å². The number of alkyl halides is 3. The number of aromatic nitrogens is 3. The third-order valence-corrected chi connectivity index (χ3v) is 6.49. The van der Waals surface area contributed by atoms with Gasteiger partial charge in [0.25, 0.3) is 5.91 Å². The second-order valence-electron chi connectivity index (χ2n) is 7.27. The average Bonchev–Trinajstić information content (AvgIpc) is 3.03. The van der Waals surface area contributed by atoms with Gasteiger partial charge in [-0.1, -0.05) is 28.1 Å². The fourth-order valence-electron chi connectivity index (χ4n) is 3.63. The summed E-state index contributed by atoms with van der Waals surface area (Å²) in [5.41, 5.74) is -0.424. The standard InChI is InChI=1S/C20H17Br2F3N4O/c1-11-4-2-3-9-28(11)19(30)17-16(22)18-26-14(12-5-7-13(21)8-6-12)10-15(20(23,24)25)29(18)27-17/h5-8,10-11H,2-4,9H2,1H3/t11-/m1/s1. The lowest BCUT2D eigenvalue weighted by Crippen LogP contribution is -2.42. The van der Waals surface area contributed by atoms with Gasteiger partial charge >= 0.3 is 6.18 Å². The second-order valence-corrected chi connectivity index (χ2v) is 8.98. The number of benzene rings is 1. The first-order chi connectivity index (χ1) is 14.2. The number of amides is 1. The number of rotatable bonds is 2. The van der Waals surface area contributed by atoms with Gasteiger partial charge in [0.05, 0.1) is 10.2 Å². The number of halogens is 5. The van der Waals surface area contributed by atoms with E-state index in [1.54, 1.807) is 29.2 Å². The highest BCUT2D eigenvalue weighted by Crippen LogP contribution is 2.35. The minimum atomic E-state index is -4.67. The molecule has 0 aliphatic carbocycles. The van der Waals surface area contributed by atoms with Gasteiger partial charge in [0.2, 0.25) is 0 Å². The van der Waals surface area contributed by atoms with Crippen molar-refractivity contribution in [2.24, 2.45) is 0 Å². The predicted octanol–water partition coefficient (Wildman–Crippen LogP) is 5.95. The van der Waals surface area contributed by atoms with Crippen molar-refractivity contribution in [2.45, 2.75) is 38.4 Å². The molecule has 0 N–H and O–H groups in total. The third-order valence-electron chi connectivity index (χ3n) is 5.23. The van der Waals surface area contributed by atoms with E-state index in [2.05, 4.69) is 41.9 Å². The van der Waals surface area contributed by atoms with Crippen LogP contribution in [0.2, 0.25) is 0 Å². The molecule has 10 heteroatoms. The molecule has 30 heavy (non-hydrogen) atoms. The molecule has 0 saturated carbocycles. The summed E-state index contributed by atoms with van der Waals surface area (Å²) < 4.78 is 43.2. The quantitative estimate of drug-likeness (QED) is 0.399. The molecule has 0 spiro atoms. The Bertz CT molecular complexity index is 1110. The highest BCUT2D eigenvalue weighted by atomic mass is 79.9. The summed E-state index contributed by atoms with van der Waals surface area (Å²) in [6, 6.07) is 7.77. The van der Waals surface area contributed by atoms with Crippen LogP contribution in [0.15, 0.2) is 39.3 Å². The molecular formula is C20H17Br2F3N4O. The van der Waals surface area contributed by atoms with Crippen LogP contribution >= 0.6 is 31.9 Å². The Morgan fingerprint density at radius 2 is 1.87 bits per heavy atom. The van der Waals surface area contributed by atoms with Gasteiger partial charge in [-0.05, 0) is 60.3 Å². The van der Waals surface area contributed by atoms with Gasteiger partial charge in [0, 0.05) is 22.6 Å². The fraction of sp³-hybridized carbons (Fsp3) is 0.350. The Morgan fingerprint density at radius 3 is 2.50 bits per heavy atom. The summed E-state index contributed by atoms with van der Waals surface area (Å²) in [7, 11) is 0. The van der Waals surface area contributed by atoms with Crippen LogP contribution in [-0.2, 0) is 6.18 Å². The van der Waals surface area contributed by atoms with Crippen LogP contribution in [0.25, 0.3) is 16.9 Å². The van der Waals surface area contributed by atoms with Gasteiger partial charge in [-0.3, -0.25) is 4.79 Å². The summed E-state index contributed by atoms with van der Waals surface area (Å²) in [4.78, 5) is 19.1. The second kappa shape index (κ2) is 7.96. The normalized spacial score (nSPS) is 17.5. The molecule has 1 amide bonds. The molecule has 0 bridgehead atoms. The fourth-order valence-corrected chi connectivity index (χ4v) is 4.40. The molecule has 1 saturated heterocycles. The van der Waals surface area contributed by atoms with Crippen molar-refractivity contribution in [3.8, 4) is 11.3 Å². The molecule has 3 aromatic rings. The average molecular weight is 546 g/mol. The van der Waals surface area contributed by atoms with Gasteiger partial charge in [0.15, 0.2) is 17.0 Å². The zero-order valence-corrected chi connectivity index (χ0v) is 19.1. The molecule has 1 aliphatic heterocycles. The van der Waals surface area contributed by atoms with Crippen molar-refractivity contribution in [3.05, 3.63) is 50.7 Å². The van der Waals surface area contributed by atoms with Crippen molar-refractivity contribution in [3.63, 3.8) is 0 Å². The van der Waals surface area contributed by atoms with Crippen LogP contribution in [0, 0.1) is 0 Å². The first kappa shape index (κ1) is 21.3. The molecule has 0 radical (unpaired) electrons. The van der Waals surface area contributed by atoms with Crippen LogP contribution in [0.1, 0.15) is 42.4 Å². The lowest BCUT2D eigenvalue weighted by molar-refractivity contribution is -0.142. The number of carbonyl (C=O) groups is 1. The van der Waals surface area contributed by atoms with Crippen molar-refractivity contribution in [2.75, 3.05) is 6.54 Å². The smallest absolute Gasteiger partial charge is 0.335 e. The number of carbonyl (C=O) groups excluding carboxylic acids is 1. The highest BCUT2D eigenvalue weighted by molar-refractivity contribution is 9.11. The first-order valence-electron chi connectivity index (χ1n) is 9.40. The van der Waals surface area contributed by atoms with Gasteiger partial charge in [-0.15, -0.1) is 0 Å². The zero-order valence-electron chi connectivity index (χ0n) is 15.9. The lowest BCUT2D eigenvalue weighted by atomic mass is 10.0. The molecule has 1 aliphatic rings. The van der Waals surface area contributed by atoms with Crippen molar-refractivity contribution < 1.29 is 18.0 Å². The number of hydrogen-bond acceptors (Lipinski definition) is 3. The number of fused-ring (bicyclic) bond motifs is 1. The summed E-state index contributed by atoms with van der Waals surface area (Å²) in [5, 5.41) is 4.03. The number of likely N-dealkylation sites (tertiary alicyclic amines) is 1. The van der Waals surface area contributed by atoms with E-state index in [9.17, 15) is 18.0 Å². The van der Waals surface area contributed by atoms with Gasteiger partial charge < -0.3 is 4.90 Å². The molecule has 3 heterocycles. The van der Waals surface area contributed by atoms with Gasteiger partial charge in [-0.2, -0.15) is 18.3 Å². The Morgan fingerprint density at radius 1 is 1.17 bits per heavy atom. The Balaban J connectivity index is 1.88. The predicted molar refractivity (Wildman–Crippen MR) is 113 cm³/mol. The van der Waals surface area contributed by atoms with Gasteiger partial charge in [0.1, 0.15) is 0 Å². The Kier molecular flexibility index (Phi) is 5.65. The van der Waals surface area contributed by atoms with E-state index in [1.165, 1.54) is 0 Å². The van der Waals surface area contributed by atoms with E-state index in [4.69, 9.17) is 0 Å². The van der Waals surface area contributed by atoms with Crippen LogP contribution in [-0.4, -0.2) is 38.0 Å². The van der Waals surface area contributed by atoms with E-state index in [0.717, 1.165) is 29.8 Å². The topological polar surface area (TPSA) is 50.5 Å². The number of nitrogens with zero attached hydrogens (tertiary/aromatic N) is 4. The van der Waals surface area contributed by atoms with E-state index in [1.807, 2.05) is 6.92 Å². The Labute approximate surface area is 187 Å². The third kappa shape index (κ3) is 3.87. The largest absolute Gasteiger partial charge is 0.433 e. The summed E-state index contributed by atoms with van der Waals surface area (Å²) >= 11 is 6.60. The SMILES string of the molecule is C[C@@H]1CCCCN1C(=O)c1nn2c(C(F)(F)F)cc(-c3ccc(Br)cc3)nc2c1Br. The highest BCUT2D eigenvalue weighted by Gasteiger charge is 2.37. The molecule has 1 fully saturated rings. The number of piperidine rings is 1. The van der Waals surface area contributed by atoms with Crippen LogP contribution < -0.4 is 0 Å². The van der Waals surface area contributed by atoms with E-state index in [0.29, 0.717) is 16.6 Å². The molecule has 2 aromatic heterocycles. The molecule has 1 atom stereocenters. The maximum atomic E-state index is 13.8. The summed E-state index contributed by atoms with van der Waals surface area (Å²) in [6.45, 7) is 2.50. The molecule has 1 aromatic carbocycles. The Hall–Kier alpha value is -1.94. The van der Waals surface area contributed by atoms with E-state index in [-0.39, 0.29) is 27.5 Å². The minimum absolute atomic E-state index is 0.0105. The molecule has 5 nitrogen and oxygen atoms in total. The minimum Gasteiger partial charge on any atom is -0.335 e. The van der Waals surface area contributed by atoms with Gasteiger partial charge in [-0.25, -0.2) is 9.50 Å². The molecule has 158 valence electrons. The maximum absolute atomic E-state index is 13.8. The molecule has 4 rings (SSSR count). The summed E-state index contributed by atoms with van der Waals surface area (Å²) in [5.74, 6) is -0.391. The number of hydrogen-bond donors (Lipinski definition) is 0. The maximum Gasteiger partial charge on any atom is 0.433 e.